The molecule has 0 aliphatic heterocycles. The van der Waals surface area contributed by atoms with Crippen molar-refractivity contribution < 1.29 is 17.9 Å². The minimum atomic E-state index is -3.66. The van der Waals surface area contributed by atoms with Gasteiger partial charge in [-0.05, 0) is 46.9 Å². The molecule has 0 N–H and O–H groups in total. The van der Waals surface area contributed by atoms with Crippen molar-refractivity contribution in [1.29, 1.82) is 0 Å². The SMILES string of the molecule is COCOc1ccc2c(I)cn(S(=O)(=O)c3ccccc3)c2c1. The standard InChI is InChI=1S/C16H14INO4S/c1-21-11-22-12-7-8-14-15(17)10-18(16(14)9-12)23(19,20)13-5-3-2-4-6-13/h2-10H,11H2,1H3. The highest BCUT2D eigenvalue weighted by atomic mass is 127. The minimum Gasteiger partial charge on any atom is -0.467 e. The monoisotopic (exact) mass is 443 g/mol. The summed E-state index contributed by atoms with van der Waals surface area (Å²) < 4.78 is 38.2. The van der Waals surface area contributed by atoms with E-state index in [1.54, 1.807) is 48.7 Å². The van der Waals surface area contributed by atoms with Gasteiger partial charge in [-0.15, -0.1) is 0 Å². The number of nitrogens with zero attached hydrogens (tertiary/aromatic N) is 1. The van der Waals surface area contributed by atoms with Crippen LogP contribution in [-0.2, 0) is 14.8 Å². The third-order valence-electron chi connectivity index (χ3n) is 3.34. The molecule has 0 fully saturated rings. The third-order valence-corrected chi connectivity index (χ3v) is 5.89. The van der Waals surface area contributed by atoms with Gasteiger partial charge in [0.15, 0.2) is 6.79 Å². The number of rotatable bonds is 5. The van der Waals surface area contributed by atoms with Gasteiger partial charge in [-0.3, -0.25) is 0 Å². The minimum absolute atomic E-state index is 0.106. The summed E-state index contributed by atoms with van der Waals surface area (Å²) in [4.78, 5) is 0.247. The Hall–Kier alpha value is -1.58. The lowest BCUT2D eigenvalue weighted by Gasteiger charge is -2.09. The van der Waals surface area contributed by atoms with E-state index >= 15 is 0 Å². The number of ether oxygens (including phenoxy) is 2. The van der Waals surface area contributed by atoms with Crippen molar-refractivity contribution in [1.82, 2.24) is 3.97 Å². The zero-order valence-electron chi connectivity index (χ0n) is 12.3. The number of hydrogen-bond acceptors (Lipinski definition) is 4. The average Bonchev–Trinajstić information content (AvgIpc) is 2.91. The van der Waals surface area contributed by atoms with Crippen LogP contribution in [0.2, 0.25) is 0 Å². The van der Waals surface area contributed by atoms with Crippen LogP contribution in [0.3, 0.4) is 0 Å². The van der Waals surface area contributed by atoms with E-state index in [9.17, 15) is 8.42 Å². The molecule has 0 atom stereocenters. The topological polar surface area (TPSA) is 57.5 Å². The molecule has 0 saturated carbocycles. The van der Waals surface area contributed by atoms with Crippen LogP contribution in [0, 0.1) is 3.57 Å². The maximum absolute atomic E-state index is 12.9. The quantitative estimate of drug-likeness (QED) is 0.448. The number of methoxy groups -OCH3 is 1. The first-order valence-corrected chi connectivity index (χ1v) is 9.29. The summed E-state index contributed by atoms with van der Waals surface area (Å²) in [6.07, 6.45) is 1.62. The lowest BCUT2D eigenvalue weighted by Crippen LogP contribution is -2.11. The van der Waals surface area contributed by atoms with E-state index < -0.39 is 10.0 Å². The number of hydrogen-bond donors (Lipinski definition) is 0. The molecule has 0 radical (unpaired) electrons. The van der Waals surface area contributed by atoms with E-state index in [4.69, 9.17) is 9.47 Å². The molecule has 0 amide bonds. The second kappa shape index (κ2) is 6.50. The van der Waals surface area contributed by atoms with Gasteiger partial charge in [-0.25, -0.2) is 12.4 Å². The molecule has 1 aromatic heterocycles. The summed E-state index contributed by atoms with van der Waals surface area (Å²) >= 11 is 2.13. The van der Waals surface area contributed by atoms with Gasteiger partial charge in [-0.1, -0.05) is 18.2 Å². The Morgan fingerprint density at radius 3 is 2.57 bits per heavy atom. The second-order valence-electron chi connectivity index (χ2n) is 4.82. The van der Waals surface area contributed by atoms with Gasteiger partial charge >= 0.3 is 0 Å². The van der Waals surface area contributed by atoms with Crippen molar-refractivity contribution in [2.75, 3.05) is 13.9 Å². The summed E-state index contributed by atoms with van der Waals surface area (Å²) in [5, 5.41) is 0.856. The maximum atomic E-state index is 12.9. The molecule has 23 heavy (non-hydrogen) atoms. The summed E-state index contributed by atoms with van der Waals surface area (Å²) in [6.45, 7) is 0.106. The molecule has 7 heteroatoms. The van der Waals surface area contributed by atoms with Crippen molar-refractivity contribution in [3.8, 4) is 5.75 Å². The Morgan fingerprint density at radius 1 is 1.13 bits per heavy atom. The van der Waals surface area contributed by atoms with Gasteiger partial charge in [0.05, 0.1) is 10.4 Å². The molecule has 1 heterocycles. The Morgan fingerprint density at radius 2 is 1.87 bits per heavy atom. The van der Waals surface area contributed by atoms with Gasteiger partial charge in [0.2, 0.25) is 0 Å². The van der Waals surface area contributed by atoms with Gasteiger partial charge < -0.3 is 9.47 Å². The number of benzene rings is 2. The highest BCUT2D eigenvalue weighted by Crippen LogP contribution is 2.30. The molecule has 0 spiro atoms. The predicted molar refractivity (Wildman–Crippen MR) is 96.2 cm³/mol. The highest BCUT2D eigenvalue weighted by molar-refractivity contribution is 14.1. The molecular formula is C16H14INO4S. The van der Waals surface area contributed by atoms with Crippen molar-refractivity contribution in [3.63, 3.8) is 0 Å². The van der Waals surface area contributed by atoms with Gasteiger partial charge in [0.1, 0.15) is 5.75 Å². The van der Waals surface area contributed by atoms with E-state index in [1.807, 2.05) is 6.07 Å². The van der Waals surface area contributed by atoms with Crippen LogP contribution in [0.25, 0.3) is 10.9 Å². The van der Waals surface area contributed by atoms with Crippen LogP contribution in [0.1, 0.15) is 0 Å². The first kappa shape index (κ1) is 16.3. The first-order valence-electron chi connectivity index (χ1n) is 6.77. The Balaban J connectivity index is 2.17. The van der Waals surface area contributed by atoms with E-state index in [0.29, 0.717) is 11.3 Å². The van der Waals surface area contributed by atoms with Crippen LogP contribution in [0.5, 0.6) is 5.75 Å². The van der Waals surface area contributed by atoms with E-state index in [0.717, 1.165) is 8.96 Å². The van der Waals surface area contributed by atoms with Crippen LogP contribution in [0.15, 0.2) is 59.6 Å². The van der Waals surface area contributed by atoms with Crippen molar-refractivity contribution in [2.45, 2.75) is 4.90 Å². The summed E-state index contributed by atoms with van der Waals surface area (Å²) in [5.41, 5.74) is 0.576. The summed E-state index contributed by atoms with van der Waals surface area (Å²) in [5.74, 6) is 0.554. The van der Waals surface area contributed by atoms with Crippen molar-refractivity contribution in [2.24, 2.45) is 0 Å². The zero-order chi connectivity index (χ0) is 16.4. The molecule has 0 aliphatic carbocycles. The molecular weight excluding hydrogens is 429 g/mol. The zero-order valence-corrected chi connectivity index (χ0v) is 15.2. The fourth-order valence-electron chi connectivity index (χ4n) is 2.26. The Labute approximate surface area is 148 Å². The Kier molecular flexibility index (Phi) is 4.60. The van der Waals surface area contributed by atoms with Crippen LogP contribution in [0.4, 0.5) is 0 Å². The largest absolute Gasteiger partial charge is 0.467 e. The molecule has 0 unspecified atom stereocenters. The predicted octanol–water partition coefficient (Wildman–Crippen LogP) is 3.47. The van der Waals surface area contributed by atoms with Gasteiger partial charge in [0.25, 0.3) is 10.0 Å². The summed E-state index contributed by atoms with van der Waals surface area (Å²) in [6, 6.07) is 13.7. The first-order chi connectivity index (χ1) is 11.0. The molecule has 0 bridgehead atoms. The van der Waals surface area contributed by atoms with Crippen molar-refractivity contribution in [3.05, 3.63) is 58.3 Å². The number of halogens is 1. The molecule has 2 aromatic carbocycles. The fourth-order valence-corrected chi connectivity index (χ4v) is 4.57. The second-order valence-corrected chi connectivity index (χ2v) is 7.80. The van der Waals surface area contributed by atoms with E-state index in [1.165, 1.54) is 11.1 Å². The molecule has 3 aromatic rings. The van der Waals surface area contributed by atoms with Crippen LogP contribution < -0.4 is 4.74 Å². The normalized spacial score (nSPS) is 11.7. The third kappa shape index (κ3) is 3.08. The smallest absolute Gasteiger partial charge is 0.268 e. The maximum Gasteiger partial charge on any atom is 0.268 e. The molecule has 5 nitrogen and oxygen atoms in total. The Bertz CT molecular complexity index is 935. The highest BCUT2D eigenvalue weighted by Gasteiger charge is 2.20. The lowest BCUT2D eigenvalue weighted by atomic mass is 10.2. The van der Waals surface area contributed by atoms with Gasteiger partial charge in [0, 0.05) is 28.3 Å². The summed E-state index contributed by atoms with van der Waals surface area (Å²) in [7, 11) is -2.13. The fraction of sp³-hybridized carbons (Fsp3) is 0.125. The van der Waals surface area contributed by atoms with Crippen LogP contribution >= 0.6 is 22.6 Å². The molecule has 0 saturated heterocycles. The number of fused-ring (bicyclic) bond motifs is 1. The van der Waals surface area contributed by atoms with Crippen LogP contribution in [-0.4, -0.2) is 26.3 Å². The molecule has 120 valence electrons. The number of aromatic nitrogens is 1. The molecule has 0 aliphatic rings. The molecule has 3 rings (SSSR count). The lowest BCUT2D eigenvalue weighted by molar-refractivity contribution is 0.0512. The average molecular weight is 443 g/mol. The van der Waals surface area contributed by atoms with Crippen molar-refractivity contribution >= 4 is 43.5 Å². The van der Waals surface area contributed by atoms with E-state index in [-0.39, 0.29) is 11.7 Å². The van der Waals surface area contributed by atoms with Gasteiger partial charge in [-0.2, -0.15) is 0 Å². The van der Waals surface area contributed by atoms with E-state index in [2.05, 4.69) is 22.6 Å².